The molecule has 2 aromatic rings. The predicted molar refractivity (Wildman–Crippen MR) is 113 cm³/mol. The fourth-order valence-corrected chi connectivity index (χ4v) is 2.83. The number of amides is 1. The average Bonchev–Trinajstić information content (AvgIpc) is 2.75. The average molecular weight is 399 g/mol. The molecule has 1 amide bonds. The highest BCUT2D eigenvalue weighted by Gasteiger charge is 2.10. The zero-order valence-electron chi connectivity index (χ0n) is 17.5. The number of hydrogen-bond acceptors (Lipinski definition) is 5. The Labute approximate surface area is 172 Å². The fourth-order valence-electron chi connectivity index (χ4n) is 2.83. The first-order chi connectivity index (χ1) is 14.0. The molecule has 0 saturated carbocycles. The number of benzene rings is 2. The van der Waals surface area contributed by atoms with Crippen molar-refractivity contribution in [2.45, 2.75) is 39.0 Å². The van der Waals surface area contributed by atoms with Crippen molar-refractivity contribution in [2.24, 2.45) is 0 Å². The van der Waals surface area contributed by atoms with Crippen molar-refractivity contribution >= 4 is 17.6 Å². The second kappa shape index (κ2) is 11.1. The van der Waals surface area contributed by atoms with Crippen molar-refractivity contribution in [3.8, 4) is 11.5 Å². The lowest BCUT2D eigenvalue weighted by Crippen LogP contribution is -2.21. The number of nitrogens with one attached hydrogen (secondary N) is 1. The van der Waals surface area contributed by atoms with Crippen LogP contribution in [-0.2, 0) is 20.7 Å². The lowest BCUT2D eigenvalue weighted by molar-refractivity contribution is -0.147. The molecule has 0 spiro atoms. The molecule has 6 nitrogen and oxygen atoms in total. The molecule has 6 heteroatoms. The van der Waals surface area contributed by atoms with Crippen molar-refractivity contribution in [3.05, 3.63) is 53.6 Å². The Bertz CT molecular complexity index is 817. The molecule has 0 bridgehead atoms. The van der Waals surface area contributed by atoms with E-state index in [1.807, 2.05) is 36.4 Å². The number of hydrogen-bond donors (Lipinski definition) is 1. The third-order valence-corrected chi connectivity index (χ3v) is 4.81. The van der Waals surface area contributed by atoms with E-state index in [-0.39, 0.29) is 18.9 Å². The summed E-state index contributed by atoms with van der Waals surface area (Å²) in [5, 5.41) is 2.74. The Kier molecular flexibility index (Phi) is 8.52. The number of rotatable bonds is 10. The topological polar surface area (TPSA) is 73.9 Å². The molecule has 2 aromatic carbocycles. The normalized spacial score (nSPS) is 11.4. The molecule has 0 heterocycles. The number of aryl methyl sites for hydroxylation is 1. The van der Waals surface area contributed by atoms with E-state index >= 15 is 0 Å². The number of esters is 1. The van der Waals surface area contributed by atoms with Crippen molar-refractivity contribution in [1.29, 1.82) is 0 Å². The van der Waals surface area contributed by atoms with Crippen LogP contribution in [0.25, 0.3) is 0 Å². The monoisotopic (exact) mass is 399 g/mol. The highest BCUT2D eigenvalue weighted by molar-refractivity contribution is 5.92. The van der Waals surface area contributed by atoms with Gasteiger partial charge in [0, 0.05) is 12.1 Å². The van der Waals surface area contributed by atoms with Crippen molar-refractivity contribution in [1.82, 2.24) is 0 Å². The minimum absolute atomic E-state index is 0.173. The van der Waals surface area contributed by atoms with E-state index in [0.717, 1.165) is 12.0 Å². The molecule has 0 saturated heterocycles. The van der Waals surface area contributed by atoms with Crippen molar-refractivity contribution < 1.29 is 23.8 Å². The molecule has 0 unspecified atom stereocenters. The van der Waals surface area contributed by atoms with Gasteiger partial charge in [0.15, 0.2) is 18.1 Å². The Hall–Kier alpha value is -3.02. The summed E-state index contributed by atoms with van der Waals surface area (Å²) in [6.07, 6.45) is 1.72. The van der Waals surface area contributed by atoms with Gasteiger partial charge in [0.05, 0.1) is 14.2 Å². The summed E-state index contributed by atoms with van der Waals surface area (Å²) in [6, 6.07) is 13.2. The maximum atomic E-state index is 12.0. The predicted octanol–water partition coefficient (Wildman–Crippen LogP) is 4.33. The van der Waals surface area contributed by atoms with E-state index in [1.165, 1.54) is 5.56 Å². The molecule has 2 rings (SSSR count). The minimum atomic E-state index is -0.429. The highest BCUT2D eigenvalue weighted by atomic mass is 16.5. The number of carbonyl (C=O) groups is 2. The van der Waals surface area contributed by atoms with Crippen LogP contribution in [0.1, 0.15) is 43.7 Å². The molecule has 1 atom stereocenters. The summed E-state index contributed by atoms with van der Waals surface area (Å²) >= 11 is 0. The van der Waals surface area contributed by atoms with Crippen LogP contribution in [0.5, 0.6) is 11.5 Å². The minimum Gasteiger partial charge on any atom is -0.493 e. The molecule has 156 valence electrons. The van der Waals surface area contributed by atoms with Crippen LogP contribution in [0.4, 0.5) is 5.69 Å². The van der Waals surface area contributed by atoms with E-state index in [4.69, 9.17) is 14.2 Å². The molecule has 0 fully saturated rings. The van der Waals surface area contributed by atoms with Gasteiger partial charge in [-0.3, -0.25) is 9.59 Å². The third kappa shape index (κ3) is 6.82. The van der Waals surface area contributed by atoms with Crippen LogP contribution in [-0.4, -0.2) is 32.7 Å². The van der Waals surface area contributed by atoms with Gasteiger partial charge >= 0.3 is 5.97 Å². The van der Waals surface area contributed by atoms with Gasteiger partial charge in [0.1, 0.15) is 0 Å². The van der Waals surface area contributed by atoms with Crippen molar-refractivity contribution in [2.75, 3.05) is 26.1 Å². The zero-order valence-corrected chi connectivity index (χ0v) is 17.5. The quantitative estimate of drug-likeness (QED) is 0.602. The molecular formula is C23H29NO5. The summed E-state index contributed by atoms with van der Waals surface area (Å²) in [5.41, 5.74) is 2.83. The molecule has 29 heavy (non-hydrogen) atoms. The van der Waals surface area contributed by atoms with Crippen molar-refractivity contribution in [3.63, 3.8) is 0 Å². The first-order valence-electron chi connectivity index (χ1n) is 9.73. The Morgan fingerprint density at radius 2 is 1.69 bits per heavy atom. The first kappa shape index (κ1) is 22.3. The van der Waals surface area contributed by atoms with Gasteiger partial charge in [-0.15, -0.1) is 0 Å². The van der Waals surface area contributed by atoms with Gasteiger partial charge in [-0.1, -0.05) is 32.0 Å². The number of anilines is 1. The van der Waals surface area contributed by atoms with E-state index in [1.54, 1.807) is 20.3 Å². The van der Waals surface area contributed by atoms with E-state index in [2.05, 4.69) is 19.2 Å². The second-order valence-corrected chi connectivity index (χ2v) is 6.83. The summed E-state index contributed by atoms with van der Waals surface area (Å²) < 4.78 is 15.5. The van der Waals surface area contributed by atoms with Gasteiger partial charge in [-0.25, -0.2) is 0 Å². The Balaban J connectivity index is 1.76. The number of ether oxygens (including phenoxy) is 3. The van der Waals surface area contributed by atoms with Gasteiger partial charge < -0.3 is 19.5 Å². The summed E-state index contributed by atoms with van der Waals surface area (Å²) in [4.78, 5) is 23.9. The summed E-state index contributed by atoms with van der Waals surface area (Å²) in [6.45, 7) is 3.99. The third-order valence-electron chi connectivity index (χ3n) is 4.81. The standard InChI is InChI=1S/C23H29NO5/c1-5-16(2)18-8-10-19(11-9-18)24-22(25)15-29-23(26)13-7-17-6-12-20(27-3)21(14-17)28-4/h6,8-12,14,16H,5,7,13,15H2,1-4H3,(H,24,25)/t16-/m0/s1. The molecule has 1 N–H and O–H groups in total. The summed E-state index contributed by atoms with van der Waals surface area (Å²) in [7, 11) is 3.13. The number of methoxy groups -OCH3 is 2. The lowest BCUT2D eigenvalue weighted by Gasteiger charge is -2.11. The van der Waals surface area contributed by atoms with E-state index < -0.39 is 5.97 Å². The van der Waals surface area contributed by atoms with Gasteiger partial charge in [0.2, 0.25) is 0 Å². The highest BCUT2D eigenvalue weighted by Crippen LogP contribution is 2.28. The van der Waals surface area contributed by atoms with E-state index in [9.17, 15) is 9.59 Å². The maximum Gasteiger partial charge on any atom is 0.306 e. The number of carbonyl (C=O) groups excluding carboxylic acids is 2. The first-order valence-corrected chi connectivity index (χ1v) is 9.73. The van der Waals surface area contributed by atoms with Gasteiger partial charge in [0.25, 0.3) is 5.91 Å². The van der Waals surface area contributed by atoms with Gasteiger partial charge in [-0.2, -0.15) is 0 Å². The molecule has 0 aromatic heterocycles. The molecule has 0 radical (unpaired) electrons. The fraction of sp³-hybridized carbons (Fsp3) is 0.391. The lowest BCUT2D eigenvalue weighted by atomic mass is 9.99. The Morgan fingerprint density at radius 3 is 2.31 bits per heavy atom. The van der Waals surface area contributed by atoms with Crippen LogP contribution in [0, 0.1) is 0 Å². The maximum absolute atomic E-state index is 12.0. The van der Waals surface area contributed by atoms with Crippen LogP contribution in [0.2, 0.25) is 0 Å². The molecule has 0 aliphatic rings. The molecule has 0 aliphatic heterocycles. The molecular weight excluding hydrogens is 370 g/mol. The van der Waals surface area contributed by atoms with Crippen LogP contribution >= 0.6 is 0 Å². The SMILES string of the molecule is CC[C@H](C)c1ccc(NC(=O)COC(=O)CCc2ccc(OC)c(OC)c2)cc1. The Morgan fingerprint density at radius 1 is 1.00 bits per heavy atom. The van der Waals surface area contributed by atoms with Crippen LogP contribution in [0.15, 0.2) is 42.5 Å². The van der Waals surface area contributed by atoms with Crippen LogP contribution < -0.4 is 14.8 Å². The smallest absolute Gasteiger partial charge is 0.306 e. The largest absolute Gasteiger partial charge is 0.493 e. The van der Waals surface area contributed by atoms with Gasteiger partial charge in [-0.05, 0) is 54.2 Å². The summed E-state index contributed by atoms with van der Waals surface area (Å²) in [5.74, 6) is 0.930. The molecule has 0 aliphatic carbocycles. The second-order valence-electron chi connectivity index (χ2n) is 6.83. The van der Waals surface area contributed by atoms with Crippen LogP contribution in [0.3, 0.4) is 0 Å². The van der Waals surface area contributed by atoms with E-state index in [0.29, 0.717) is 29.5 Å². The zero-order chi connectivity index (χ0) is 21.2.